The molecule has 1 saturated heterocycles. The molecule has 0 N–H and O–H groups in total. The molecule has 0 radical (unpaired) electrons. The van der Waals surface area contributed by atoms with E-state index in [9.17, 15) is 0 Å². The van der Waals surface area contributed by atoms with Crippen molar-refractivity contribution < 1.29 is 9.22 Å². The van der Waals surface area contributed by atoms with Gasteiger partial charge in [-0.15, -0.1) is 0 Å². The van der Waals surface area contributed by atoms with Crippen molar-refractivity contribution in [1.29, 1.82) is 5.26 Å². The highest BCUT2D eigenvalue weighted by Gasteiger charge is 2.30. The van der Waals surface area contributed by atoms with Gasteiger partial charge in [-0.3, -0.25) is 0 Å². The van der Waals surface area contributed by atoms with Gasteiger partial charge in [-0.05, 0) is 13.3 Å². The Hall–Kier alpha value is -0.370. The minimum atomic E-state index is 0.865. The number of quaternary nitrogens is 1. The molecule has 1 rings (SSSR count). The van der Waals surface area contributed by atoms with E-state index in [2.05, 4.69) is 26.5 Å². The van der Waals surface area contributed by atoms with Gasteiger partial charge in [0.05, 0.1) is 19.6 Å². The predicted molar refractivity (Wildman–Crippen MR) is 63.9 cm³/mol. The monoisotopic (exact) mass is 230 g/mol. The Labute approximate surface area is 99.0 Å². The van der Waals surface area contributed by atoms with Crippen LogP contribution in [0.1, 0.15) is 33.1 Å². The maximum atomic E-state index is 7.13. The van der Waals surface area contributed by atoms with Crippen LogP contribution in [-0.4, -0.2) is 37.5 Å². The van der Waals surface area contributed by atoms with Gasteiger partial charge in [0.2, 0.25) is 0 Å². The molecule has 0 unspecified atom stereocenters. The second kappa shape index (κ2) is 8.90. The average Bonchev–Trinajstić information content (AvgIpc) is 2.66. The minimum Gasteiger partial charge on any atom is -0.696 e. The van der Waals surface area contributed by atoms with Crippen molar-refractivity contribution in [2.24, 2.45) is 0 Å². The number of ether oxygens (including phenoxy) is 1. The van der Waals surface area contributed by atoms with Crippen molar-refractivity contribution in [2.45, 2.75) is 33.1 Å². The molecule has 88 valence electrons. The zero-order valence-corrected chi connectivity index (χ0v) is 10.7. The molecular weight excluding hydrogens is 208 g/mol. The lowest BCUT2D eigenvalue weighted by Gasteiger charge is -2.33. The topological polar surface area (TPSA) is 33.0 Å². The molecule has 0 aromatic rings. The zero-order valence-electron chi connectivity index (χ0n) is 9.87. The van der Waals surface area contributed by atoms with Gasteiger partial charge < -0.3 is 21.8 Å². The van der Waals surface area contributed by atoms with Gasteiger partial charge in [0.25, 0.3) is 0 Å². The first kappa shape index (κ1) is 14.6. The lowest BCUT2D eigenvalue weighted by Crippen LogP contribution is -2.47. The van der Waals surface area contributed by atoms with Crippen molar-refractivity contribution in [3.63, 3.8) is 0 Å². The Morgan fingerprint density at radius 3 is 2.27 bits per heavy atom. The molecule has 0 spiro atoms. The third-order valence-electron chi connectivity index (χ3n) is 2.78. The van der Waals surface area contributed by atoms with Crippen LogP contribution < -0.4 is 0 Å². The Morgan fingerprint density at radius 2 is 1.87 bits per heavy atom. The number of rotatable bonds is 5. The van der Waals surface area contributed by atoms with Gasteiger partial charge in [-0.2, -0.15) is 0 Å². The number of likely N-dealkylation sites (tertiary alicyclic amines) is 1. The molecule has 1 fully saturated rings. The van der Waals surface area contributed by atoms with Gasteiger partial charge in [0.1, 0.15) is 0 Å². The fourth-order valence-corrected chi connectivity index (χ4v) is 2.18. The maximum absolute atomic E-state index is 7.13. The minimum absolute atomic E-state index is 0.865. The Balaban J connectivity index is 0.000000583. The van der Waals surface area contributed by atoms with Crippen LogP contribution in [0, 0.1) is 10.7 Å². The lowest BCUT2D eigenvalue weighted by atomic mass is 10.4. The Morgan fingerprint density at radius 1 is 1.33 bits per heavy atom. The largest absolute Gasteiger partial charge is 0.696 e. The number of nitriles is 1. The molecule has 4 heteroatoms. The van der Waals surface area contributed by atoms with Gasteiger partial charge in [0, 0.05) is 19.4 Å². The van der Waals surface area contributed by atoms with E-state index in [0.29, 0.717) is 0 Å². The average molecular weight is 230 g/mol. The van der Waals surface area contributed by atoms with E-state index < -0.39 is 0 Å². The number of hydrogen-bond acceptors (Lipinski definition) is 3. The Bertz CT molecular complexity index is 186. The highest BCUT2D eigenvalue weighted by atomic mass is 32.1. The van der Waals surface area contributed by atoms with E-state index in [0.717, 1.165) is 13.3 Å². The van der Waals surface area contributed by atoms with Crippen molar-refractivity contribution in [3.05, 3.63) is 0 Å². The summed E-state index contributed by atoms with van der Waals surface area (Å²) >= 11 is 3.70. The highest BCUT2D eigenvalue weighted by Crippen LogP contribution is 2.19. The smallest absolute Gasteiger partial charge is 0.183 e. The van der Waals surface area contributed by atoms with Gasteiger partial charge in [-0.1, -0.05) is 12.3 Å². The van der Waals surface area contributed by atoms with Crippen LogP contribution in [0.5, 0.6) is 0 Å². The third kappa shape index (κ3) is 5.93. The van der Waals surface area contributed by atoms with Crippen molar-refractivity contribution in [2.75, 3.05) is 33.0 Å². The van der Waals surface area contributed by atoms with Crippen LogP contribution in [0.4, 0.5) is 0 Å². The first-order valence-corrected chi connectivity index (χ1v) is 6.09. The van der Waals surface area contributed by atoms with Crippen molar-refractivity contribution >= 4 is 12.6 Å². The summed E-state index contributed by atoms with van der Waals surface area (Å²) in [5.74, 6) is 0. The standard InChI is InChI=1S/C10H22NO.CHNS/c1-3-7-11(10-12-4-2)8-5-6-9-11;2-1-3/h3-10H2,1-2H3;3H/q+1;/p-1. The van der Waals surface area contributed by atoms with E-state index in [1.54, 1.807) is 0 Å². The molecule has 1 aliphatic heterocycles. The molecule has 1 heterocycles. The predicted octanol–water partition coefficient (Wildman–Crippen LogP) is 2.02. The van der Waals surface area contributed by atoms with Crippen LogP contribution >= 0.6 is 0 Å². The lowest BCUT2D eigenvalue weighted by molar-refractivity contribution is -0.935. The molecule has 0 aromatic heterocycles. The van der Waals surface area contributed by atoms with Gasteiger partial charge in [-0.25, -0.2) is 5.26 Å². The van der Waals surface area contributed by atoms with Crippen molar-refractivity contribution in [3.8, 4) is 5.40 Å². The van der Waals surface area contributed by atoms with Crippen LogP contribution in [0.2, 0.25) is 0 Å². The van der Waals surface area contributed by atoms with E-state index in [-0.39, 0.29) is 0 Å². The van der Waals surface area contributed by atoms with Crippen LogP contribution in [-0.2, 0) is 17.4 Å². The van der Waals surface area contributed by atoms with Gasteiger partial charge in [0.15, 0.2) is 6.73 Å². The summed E-state index contributed by atoms with van der Waals surface area (Å²) in [7, 11) is 0. The fourth-order valence-electron chi connectivity index (χ4n) is 2.18. The molecule has 3 nitrogen and oxygen atoms in total. The molecule has 0 aromatic carbocycles. The highest BCUT2D eigenvalue weighted by molar-refractivity contribution is 7.64. The quantitative estimate of drug-likeness (QED) is 0.411. The molecule has 0 saturated carbocycles. The number of nitrogens with zero attached hydrogens (tertiary/aromatic N) is 2. The van der Waals surface area contributed by atoms with Gasteiger partial charge >= 0.3 is 0 Å². The molecule has 0 amide bonds. The second-order valence-electron chi connectivity index (χ2n) is 3.93. The summed E-state index contributed by atoms with van der Waals surface area (Å²) in [6, 6.07) is 0. The van der Waals surface area contributed by atoms with E-state index in [1.165, 1.54) is 48.8 Å². The van der Waals surface area contributed by atoms with Crippen molar-refractivity contribution in [1.82, 2.24) is 0 Å². The van der Waals surface area contributed by atoms with Crippen LogP contribution in [0.25, 0.3) is 0 Å². The normalized spacial score (nSPS) is 17.7. The first-order valence-electron chi connectivity index (χ1n) is 5.68. The van der Waals surface area contributed by atoms with E-state index >= 15 is 0 Å². The summed E-state index contributed by atoms with van der Waals surface area (Å²) in [5.41, 5.74) is 0. The van der Waals surface area contributed by atoms with Crippen LogP contribution in [0.15, 0.2) is 0 Å². The molecule has 0 aliphatic carbocycles. The third-order valence-corrected chi connectivity index (χ3v) is 2.78. The molecular formula is C11H22N2OS. The summed E-state index contributed by atoms with van der Waals surface area (Å²) in [4.78, 5) is 0. The molecule has 15 heavy (non-hydrogen) atoms. The molecule has 0 atom stereocenters. The van der Waals surface area contributed by atoms with Crippen LogP contribution in [0.3, 0.4) is 0 Å². The van der Waals surface area contributed by atoms with E-state index in [1.807, 2.05) is 0 Å². The summed E-state index contributed by atoms with van der Waals surface area (Å²) in [6.07, 6.45) is 4.08. The first-order chi connectivity index (χ1) is 7.24. The molecule has 1 aliphatic rings. The fraction of sp³-hybridized carbons (Fsp3) is 0.909. The number of hydrogen-bond donors (Lipinski definition) is 0. The van der Waals surface area contributed by atoms with E-state index in [4.69, 9.17) is 10.00 Å². The summed E-state index contributed by atoms with van der Waals surface area (Å²) in [6.45, 7) is 10.2. The summed E-state index contributed by atoms with van der Waals surface area (Å²) < 4.78 is 6.77. The summed E-state index contributed by atoms with van der Waals surface area (Å²) in [5, 5.41) is 8.47. The second-order valence-corrected chi connectivity index (χ2v) is 4.12. The Kier molecular flexibility index (Phi) is 8.68. The maximum Gasteiger partial charge on any atom is 0.183 e. The zero-order chi connectivity index (χ0) is 11.6. The number of thiocyanates is 1. The molecule has 0 bridgehead atoms. The SMILES string of the molecule is CCC[N+]1(COCC)CCCC1.N#C[S-].